The Labute approximate surface area is 109 Å². The quantitative estimate of drug-likeness (QED) is 0.772. The lowest BCUT2D eigenvalue weighted by atomic mass is 10.0. The van der Waals surface area contributed by atoms with Gasteiger partial charge >= 0.3 is 0 Å². The average Bonchev–Trinajstić information content (AvgIpc) is 2.39. The van der Waals surface area contributed by atoms with E-state index in [0.717, 1.165) is 31.5 Å². The van der Waals surface area contributed by atoms with Gasteiger partial charge in [0.15, 0.2) is 0 Å². The van der Waals surface area contributed by atoms with Gasteiger partial charge in [0.25, 0.3) is 5.91 Å². The first-order valence-corrected chi connectivity index (χ1v) is 6.48. The number of rotatable bonds is 6. The lowest BCUT2D eigenvalue weighted by Crippen LogP contribution is -2.33. The molecule has 0 atom stereocenters. The number of benzene rings is 1. The fourth-order valence-electron chi connectivity index (χ4n) is 1.99. The summed E-state index contributed by atoms with van der Waals surface area (Å²) in [4.78, 5) is 14.3. The summed E-state index contributed by atoms with van der Waals surface area (Å²) >= 11 is 0. The first-order valence-electron chi connectivity index (χ1n) is 6.48. The Kier molecular flexibility index (Phi) is 5.93. The molecule has 0 bridgehead atoms. The van der Waals surface area contributed by atoms with Gasteiger partial charge in [0.1, 0.15) is 0 Å². The van der Waals surface area contributed by atoms with Crippen molar-refractivity contribution in [1.82, 2.24) is 4.90 Å². The van der Waals surface area contributed by atoms with Crippen molar-refractivity contribution in [2.45, 2.75) is 33.1 Å². The first kappa shape index (κ1) is 14.2. The van der Waals surface area contributed by atoms with Crippen LogP contribution in [0.4, 0.5) is 0 Å². The molecule has 0 aromatic heterocycles. The molecule has 3 nitrogen and oxygen atoms in total. The molecule has 1 amide bonds. The maximum atomic E-state index is 12.4. The average molecular weight is 244 g/mol. The highest BCUT2D eigenvalue weighted by Crippen LogP contribution is 2.13. The molecule has 1 rings (SSSR count). The van der Waals surface area contributed by atoms with Gasteiger partial charge in [-0.25, -0.2) is 0 Å². The number of carbonyl (C=O) groups excluding carboxylic acids is 1. The van der Waals surface area contributed by atoms with Crippen LogP contribution in [0.25, 0.3) is 0 Å². The number of nitrogens with zero attached hydrogens (tertiary/aromatic N) is 2. The van der Waals surface area contributed by atoms with E-state index in [1.54, 1.807) is 0 Å². The maximum Gasteiger partial charge on any atom is 0.254 e. The van der Waals surface area contributed by atoms with Crippen molar-refractivity contribution in [2.24, 2.45) is 0 Å². The summed E-state index contributed by atoms with van der Waals surface area (Å²) < 4.78 is 0. The van der Waals surface area contributed by atoms with Gasteiger partial charge in [0.05, 0.1) is 12.5 Å². The molecule has 3 heteroatoms. The van der Waals surface area contributed by atoms with Crippen LogP contribution in [0.5, 0.6) is 0 Å². The highest BCUT2D eigenvalue weighted by Gasteiger charge is 2.16. The molecule has 0 fully saturated rings. The molecular formula is C15H20N2O. The van der Waals surface area contributed by atoms with E-state index in [1.165, 1.54) is 0 Å². The third-order valence-corrected chi connectivity index (χ3v) is 2.79. The van der Waals surface area contributed by atoms with E-state index < -0.39 is 0 Å². The fraction of sp³-hybridized carbons (Fsp3) is 0.467. The largest absolute Gasteiger partial charge is 0.339 e. The second-order valence-corrected chi connectivity index (χ2v) is 4.28. The Morgan fingerprint density at radius 2 is 1.83 bits per heavy atom. The van der Waals surface area contributed by atoms with Crippen LogP contribution in [0, 0.1) is 11.3 Å². The van der Waals surface area contributed by atoms with Gasteiger partial charge in [-0.2, -0.15) is 5.26 Å². The molecule has 0 heterocycles. The van der Waals surface area contributed by atoms with Gasteiger partial charge < -0.3 is 4.90 Å². The van der Waals surface area contributed by atoms with Crippen molar-refractivity contribution in [3.05, 3.63) is 35.4 Å². The lowest BCUT2D eigenvalue weighted by Gasteiger charge is -2.22. The molecular weight excluding hydrogens is 224 g/mol. The Morgan fingerprint density at radius 1 is 1.22 bits per heavy atom. The summed E-state index contributed by atoms with van der Waals surface area (Å²) in [5, 5.41) is 8.80. The lowest BCUT2D eigenvalue weighted by molar-refractivity contribution is 0.0754. The van der Waals surface area contributed by atoms with Crippen LogP contribution < -0.4 is 0 Å². The summed E-state index contributed by atoms with van der Waals surface area (Å²) in [6, 6.07) is 9.50. The molecule has 96 valence electrons. The predicted octanol–water partition coefficient (Wildman–Crippen LogP) is 3.01. The van der Waals surface area contributed by atoms with Crippen molar-refractivity contribution >= 4 is 5.91 Å². The Bertz CT molecular complexity index is 428. The molecule has 0 unspecified atom stereocenters. The minimum atomic E-state index is 0.0459. The fourth-order valence-corrected chi connectivity index (χ4v) is 1.99. The van der Waals surface area contributed by atoms with E-state index >= 15 is 0 Å². The standard InChI is InChI=1S/C15H20N2O/c1-3-11-17(12-4-2)15(18)14-8-6-5-7-13(14)9-10-16/h5-8H,3-4,9,11-12H2,1-2H3. The molecule has 0 radical (unpaired) electrons. The highest BCUT2D eigenvalue weighted by atomic mass is 16.2. The van der Waals surface area contributed by atoms with E-state index in [-0.39, 0.29) is 12.3 Å². The van der Waals surface area contributed by atoms with Crippen molar-refractivity contribution in [2.75, 3.05) is 13.1 Å². The van der Waals surface area contributed by atoms with E-state index in [4.69, 9.17) is 5.26 Å². The number of hydrogen-bond donors (Lipinski definition) is 0. The molecule has 0 aliphatic heterocycles. The minimum absolute atomic E-state index is 0.0459. The zero-order valence-corrected chi connectivity index (χ0v) is 11.1. The number of hydrogen-bond acceptors (Lipinski definition) is 2. The number of amides is 1. The minimum Gasteiger partial charge on any atom is -0.339 e. The topological polar surface area (TPSA) is 44.1 Å². The van der Waals surface area contributed by atoms with Gasteiger partial charge in [-0.3, -0.25) is 4.79 Å². The van der Waals surface area contributed by atoms with Crippen LogP contribution in [0.2, 0.25) is 0 Å². The summed E-state index contributed by atoms with van der Waals surface area (Å²) in [6.45, 7) is 5.68. The van der Waals surface area contributed by atoms with Gasteiger partial charge in [0.2, 0.25) is 0 Å². The van der Waals surface area contributed by atoms with Gasteiger partial charge in [-0.15, -0.1) is 0 Å². The third kappa shape index (κ3) is 3.59. The molecule has 0 aliphatic carbocycles. The summed E-state index contributed by atoms with van der Waals surface area (Å²) in [5.74, 6) is 0.0459. The van der Waals surface area contributed by atoms with Gasteiger partial charge in [-0.1, -0.05) is 32.0 Å². The molecule has 0 saturated carbocycles. The highest BCUT2D eigenvalue weighted by molar-refractivity contribution is 5.95. The summed E-state index contributed by atoms with van der Waals surface area (Å²) in [5.41, 5.74) is 1.49. The van der Waals surface area contributed by atoms with E-state index in [2.05, 4.69) is 19.9 Å². The van der Waals surface area contributed by atoms with E-state index in [1.807, 2.05) is 29.2 Å². The van der Waals surface area contributed by atoms with Crippen molar-refractivity contribution in [3.8, 4) is 6.07 Å². The van der Waals surface area contributed by atoms with Gasteiger partial charge in [-0.05, 0) is 24.5 Å². The van der Waals surface area contributed by atoms with Crippen molar-refractivity contribution in [1.29, 1.82) is 5.26 Å². The molecule has 0 aliphatic rings. The van der Waals surface area contributed by atoms with Crippen LogP contribution in [-0.4, -0.2) is 23.9 Å². The Hall–Kier alpha value is -1.82. The summed E-state index contributed by atoms with van der Waals surface area (Å²) in [7, 11) is 0. The van der Waals surface area contributed by atoms with Crippen molar-refractivity contribution in [3.63, 3.8) is 0 Å². The maximum absolute atomic E-state index is 12.4. The molecule has 1 aromatic rings. The Balaban J connectivity index is 2.97. The zero-order chi connectivity index (χ0) is 13.4. The smallest absolute Gasteiger partial charge is 0.254 e. The van der Waals surface area contributed by atoms with Crippen LogP contribution in [0.3, 0.4) is 0 Å². The second kappa shape index (κ2) is 7.50. The monoisotopic (exact) mass is 244 g/mol. The second-order valence-electron chi connectivity index (χ2n) is 4.28. The summed E-state index contributed by atoms with van der Waals surface area (Å²) in [6.07, 6.45) is 2.19. The molecule has 0 spiro atoms. The Morgan fingerprint density at radius 3 is 2.39 bits per heavy atom. The SMILES string of the molecule is CCCN(CCC)C(=O)c1ccccc1CC#N. The van der Waals surface area contributed by atoms with E-state index in [9.17, 15) is 4.79 Å². The number of carbonyl (C=O) groups is 1. The number of nitriles is 1. The van der Waals surface area contributed by atoms with Crippen molar-refractivity contribution < 1.29 is 4.79 Å². The first-order chi connectivity index (χ1) is 8.74. The van der Waals surface area contributed by atoms with Crippen LogP contribution >= 0.6 is 0 Å². The van der Waals surface area contributed by atoms with Crippen LogP contribution in [0.1, 0.15) is 42.6 Å². The van der Waals surface area contributed by atoms with E-state index in [0.29, 0.717) is 5.56 Å². The predicted molar refractivity (Wildman–Crippen MR) is 72.2 cm³/mol. The zero-order valence-electron chi connectivity index (χ0n) is 11.1. The molecule has 1 aromatic carbocycles. The van der Waals surface area contributed by atoms with Crippen LogP contribution in [-0.2, 0) is 6.42 Å². The molecule has 18 heavy (non-hydrogen) atoms. The molecule has 0 saturated heterocycles. The van der Waals surface area contributed by atoms with Gasteiger partial charge in [0, 0.05) is 18.7 Å². The molecule has 0 N–H and O–H groups in total. The van der Waals surface area contributed by atoms with Crippen LogP contribution in [0.15, 0.2) is 24.3 Å². The third-order valence-electron chi connectivity index (χ3n) is 2.79. The normalized spacial score (nSPS) is 9.83.